The molecule has 4 rings (SSSR count). The summed E-state index contributed by atoms with van der Waals surface area (Å²) < 4.78 is 6.28. The summed E-state index contributed by atoms with van der Waals surface area (Å²) in [5.41, 5.74) is 3.51. The molecule has 2 amide bonds. The van der Waals surface area contributed by atoms with Gasteiger partial charge in [-0.2, -0.15) is 5.26 Å². The van der Waals surface area contributed by atoms with Gasteiger partial charge in [0.25, 0.3) is 11.8 Å². The predicted octanol–water partition coefficient (Wildman–Crippen LogP) is 4.95. The third-order valence-corrected chi connectivity index (χ3v) is 6.22. The number of likely N-dealkylation sites (tertiary alicyclic amines) is 1. The fourth-order valence-electron chi connectivity index (χ4n) is 4.06. The van der Waals surface area contributed by atoms with Crippen molar-refractivity contribution < 1.29 is 14.3 Å². The maximum Gasteiger partial charge on any atom is 0.255 e. The van der Waals surface area contributed by atoms with Crippen LogP contribution in [0.15, 0.2) is 67.0 Å². The Labute approximate surface area is 205 Å². The van der Waals surface area contributed by atoms with Crippen LogP contribution in [0.3, 0.4) is 0 Å². The van der Waals surface area contributed by atoms with Gasteiger partial charge in [-0.25, -0.2) is 0 Å². The SMILES string of the molecule is Cc1ccc(NC(=O)c2cccc(C(C)C#N)c2)cc1OC1CCN(C(=O)c2cccnc2)CC1. The lowest BCUT2D eigenvalue weighted by Gasteiger charge is -2.32. The van der Waals surface area contributed by atoms with Crippen molar-refractivity contribution in [3.63, 3.8) is 0 Å². The summed E-state index contributed by atoms with van der Waals surface area (Å²) in [4.78, 5) is 31.3. The summed E-state index contributed by atoms with van der Waals surface area (Å²) in [6.45, 7) is 5.01. The molecule has 0 bridgehead atoms. The van der Waals surface area contributed by atoms with Crippen LogP contribution in [0.1, 0.15) is 57.5 Å². The standard InChI is InChI=1S/C28H28N4O3/c1-19-8-9-24(31-27(33)22-6-3-5-21(15-22)20(2)17-29)16-26(19)35-25-10-13-32(14-11-25)28(34)23-7-4-12-30-18-23/h3-9,12,15-16,18,20,25H,10-11,13-14H2,1-2H3,(H,31,33). The van der Waals surface area contributed by atoms with Crippen LogP contribution >= 0.6 is 0 Å². The number of hydrogen-bond acceptors (Lipinski definition) is 5. The first-order valence-corrected chi connectivity index (χ1v) is 11.7. The highest BCUT2D eigenvalue weighted by molar-refractivity contribution is 6.04. The number of hydrogen-bond donors (Lipinski definition) is 1. The van der Waals surface area contributed by atoms with Gasteiger partial charge in [-0.05, 0) is 55.3 Å². The molecule has 0 radical (unpaired) electrons. The minimum absolute atomic E-state index is 0.00864. The molecule has 3 aromatic rings. The summed E-state index contributed by atoms with van der Waals surface area (Å²) in [6.07, 6.45) is 4.69. The number of nitriles is 1. The quantitative estimate of drug-likeness (QED) is 0.552. The number of anilines is 1. The van der Waals surface area contributed by atoms with E-state index < -0.39 is 0 Å². The van der Waals surface area contributed by atoms with Crippen LogP contribution in [0.4, 0.5) is 5.69 Å². The van der Waals surface area contributed by atoms with Crippen molar-refractivity contribution in [1.82, 2.24) is 9.88 Å². The second-order valence-corrected chi connectivity index (χ2v) is 8.76. The first-order valence-electron chi connectivity index (χ1n) is 11.7. The van der Waals surface area contributed by atoms with Gasteiger partial charge in [0.1, 0.15) is 11.9 Å². The Bertz CT molecular complexity index is 1240. The Hall–Kier alpha value is -4.18. The first-order chi connectivity index (χ1) is 16.9. The van der Waals surface area contributed by atoms with E-state index in [2.05, 4.69) is 16.4 Å². The second-order valence-electron chi connectivity index (χ2n) is 8.76. The molecule has 1 saturated heterocycles. The zero-order chi connectivity index (χ0) is 24.8. The van der Waals surface area contributed by atoms with Crippen molar-refractivity contribution in [2.45, 2.75) is 38.7 Å². The van der Waals surface area contributed by atoms with Gasteiger partial charge < -0.3 is 15.0 Å². The number of benzene rings is 2. The Kier molecular flexibility index (Phi) is 7.41. The molecule has 0 saturated carbocycles. The lowest BCUT2D eigenvalue weighted by Crippen LogP contribution is -2.41. The molecule has 1 N–H and O–H groups in total. The van der Waals surface area contributed by atoms with Crippen molar-refractivity contribution >= 4 is 17.5 Å². The van der Waals surface area contributed by atoms with Crippen molar-refractivity contribution in [3.8, 4) is 11.8 Å². The number of carbonyl (C=O) groups is 2. The van der Waals surface area contributed by atoms with Crippen molar-refractivity contribution in [3.05, 3.63) is 89.2 Å². The van der Waals surface area contributed by atoms with Crippen LogP contribution in [-0.2, 0) is 0 Å². The fourth-order valence-corrected chi connectivity index (χ4v) is 4.06. The van der Waals surface area contributed by atoms with Gasteiger partial charge in [0.05, 0.1) is 17.6 Å². The molecule has 7 heteroatoms. The zero-order valence-electron chi connectivity index (χ0n) is 19.9. The number of carbonyl (C=O) groups excluding carboxylic acids is 2. The van der Waals surface area contributed by atoms with E-state index in [1.807, 2.05) is 36.1 Å². The maximum atomic E-state index is 12.8. The van der Waals surface area contributed by atoms with E-state index in [0.29, 0.717) is 35.7 Å². The van der Waals surface area contributed by atoms with Crippen LogP contribution in [0.2, 0.25) is 0 Å². The molecule has 1 aliphatic rings. The normalized spacial score (nSPS) is 14.6. The smallest absolute Gasteiger partial charge is 0.255 e. The number of nitrogens with one attached hydrogen (secondary N) is 1. The maximum absolute atomic E-state index is 12.8. The number of pyridine rings is 1. The van der Waals surface area contributed by atoms with Gasteiger partial charge in [-0.1, -0.05) is 18.2 Å². The molecule has 1 fully saturated rings. The highest BCUT2D eigenvalue weighted by Gasteiger charge is 2.25. The van der Waals surface area contributed by atoms with E-state index >= 15 is 0 Å². The summed E-state index contributed by atoms with van der Waals surface area (Å²) >= 11 is 0. The summed E-state index contributed by atoms with van der Waals surface area (Å²) in [6, 6.07) is 18.4. The minimum Gasteiger partial charge on any atom is -0.490 e. The molecule has 35 heavy (non-hydrogen) atoms. The Morgan fingerprint density at radius 3 is 2.60 bits per heavy atom. The Morgan fingerprint density at radius 2 is 1.89 bits per heavy atom. The van der Waals surface area contributed by atoms with Gasteiger partial charge in [-0.3, -0.25) is 14.6 Å². The monoisotopic (exact) mass is 468 g/mol. The van der Waals surface area contributed by atoms with E-state index in [-0.39, 0.29) is 23.8 Å². The van der Waals surface area contributed by atoms with E-state index in [9.17, 15) is 9.59 Å². The molecule has 0 spiro atoms. The molecule has 1 aliphatic heterocycles. The number of nitrogens with zero attached hydrogens (tertiary/aromatic N) is 3. The van der Waals surface area contributed by atoms with E-state index in [1.54, 1.807) is 49.6 Å². The topological polar surface area (TPSA) is 95.3 Å². The van der Waals surface area contributed by atoms with Crippen molar-refractivity contribution in [2.24, 2.45) is 0 Å². The molecule has 0 aliphatic carbocycles. The molecule has 178 valence electrons. The largest absolute Gasteiger partial charge is 0.490 e. The van der Waals surface area contributed by atoms with Crippen molar-refractivity contribution in [2.75, 3.05) is 18.4 Å². The van der Waals surface area contributed by atoms with E-state index in [0.717, 1.165) is 24.0 Å². The molecular weight excluding hydrogens is 440 g/mol. The Morgan fingerprint density at radius 1 is 1.11 bits per heavy atom. The highest BCUT2D eigenvalue weighted by atomic mass is 16.5. The highest BCUT2D eigenvalue weighted by Crippen LogP contribution is 2.27. The van der Waals surface area contributed by atoms with E-state index in [1.165, 1.54) is 0 Å². The van der Waals surface area contributed by atoms with Crippen LogP contribution in [0.25, 0.3) is 0 Å². The molecule has 1 aromatic heterocycles. The summed E-state index contributed by atoms with van der Waals surface area (Å²) in [5, 5.41) is 12.1. The number of amides is 2. The van der Waals surface area contributed by atoms with Crippen LogP contribution in [0, 0.1) is 18.3 Å². The number of ether oxygens (including phenoxy) is 1. The second kappa shape index (κ2) is 10.8. The van der Waals surface area contributed by atoms with Crippen LogP contribution < -0.4 is 10.1 Å². The Balaban J connectivity index is 1.37. The fraction of sp³-hybridized carbons (Fsp3) is 0.286. The van der Waals surface area contributed by atoms with Crippen LogP contribution in [0.5, 0.6) is 5.75 Å². The molecule has 1 unspecified atom stereocenters. The average Bonchev–Trinajstić information content (AvgIpc) is 2.90. The molecule has 1 atom stereocenters. The molecular formula is C28H28N4O3. The van der Waals surface area contributed by atoms with Gasteiger partial charge >= 0.3 is 0 Å². The van der Waals surface area contributed by atoms with E-state index in [4.69, 9.17) is 10.00 Å². The number of piperidine rings is 1. The minimum atomic E-state index is -0.284. The number of aromatic nitrogens is 1. The lowest BCUT2D eigenvalue weighted by molar-refractivity contribution is 0.0594. The zero-order valence-corrected chi connectivity index (χ0v) is 19.9. The van der Waals surface area contributed by atoms with Gasteiger partial charge in [0.15, 0.2) is 0 Å². The predicted molar refractivity (Wildman–Crippen MR) is 133 cm³/mol. The van der Waals surface area contributed by atoms with Gasteiger partial charge in [-0.15, -0.1) is 0 Å². The molecule has 7 nitrogen and oxygen atoms in total. The third-order valence-electron chi connectivity index (χ3n) is 6.22. The van der Waals surface area contributed by atoms with Crippen molar-refractivity contribution in [1.29, 1.82) is 5.26 Å². The lowest BCUT2D eigenvalue weighted by atomic mass is 10.0. The first kappa shape index (κ1) is 24.0. The van der Waals surface area contributed by atoms with Gasteiger partial charge in [0.2, 0.25) is 0 Å². The third kappa shape index (κ3) is 5.85. The molecule has 2 aromatic carbocycles. The summed E-state index contributed by atoms with van der Waals surface area (Å²) in [7, 11) is 0. The summed E-state index contributed by atoms with van der Waals surface area (Å²) in [5.74, 6) is 0.180. The van der Waals surface area contributed by atoms with Gasteiger partial charge in [0, 0.05) is 55.6 Å². The average molecular weight is 469 g/mol. The molecule has 2 heterocycles. The number of rotatable bonds is 6. The number of aryl methyl sites for hydroxylation is 1. The van der Waals surface area contributed by atoms with Crippen LogP contribution in [-0.4, -0.2) is 40.9 Å².